The van der Waals surface area contributed by atoms with Crippen LogP contribution in [0.5, 0.6) is 0 Å². The van der Waals surface area contributed by atoms with E-state index in [0.29, 0.717) is 19.6 Å². The smallest absolute Gasteiger partial charge is 0.305 e. The Morgan fingerprint density at radius 1 is 0.944 bits per heavy atom. The Bertz CT molecular complexity index is 186. The predicted octanol–water partition coefficient (Wildman–Crippen LogP) is 4.12. The fourth-order valence-corrected chi connectivity index (χ4v) is 1.98. The van der Waals surface area contributed by atoms with Crippen molar-refractivity contribution < 1.29 is 14.3 Å². The Kier molecular flexibility index (Phi) is 15.4. The summed E-state index contributed by atoms with van der Waals surface area (Å²) in [7, 11) is 0. The highest BCUT2D eigenvalue weighted by molar-refractivity contribution is 14.1. The number of unbranched alkanes of at least 4 members (excludes halogenated alkanes) is 6. The summed E-state index contributed by atoms with van der Waals surface area (Å²) in [4.78, 5) is 11.3. The van der Waals surface area contributed by atoms with E-state index in [1.807, 2.05) is 0 Å². The molecule has 0 aliphatic heterocycles. The minimum Gasteiger partial charge on any atom is -0.463 e. The molecule has 108 valence electrons. The van der Waals surface area contributed by atoms with Gasteiger partial charge < -0.3 is 9.47 Å². The highest BCUT2D eigenvalue weighted by atomic mass is 127. The number of esters is 1. The molecule has 0 atom stereocenters. The second-order valence-corrected chi connectivity index (χ2v) is 5.47. The molecule has 0 spiro atoms. The molecule has 0 bridgehead atoms. The van der Waals surface area contributed by atoms with Crippen LogP contribution >= 0.6 is 22.6 Å². The molecule has 0 amide bonds. The van der Waals surface area contributed by atoms with E-state index in [9.17, 15) is 4.79 Å². The van der Waals surface area contributed by atoms with Gasteiger partial charge in [0.25, 0.3) is 0 Å². The lowest BCUT2D eigenvalue weighted by molar-refractivity contribution is -0.145. The second kappa shape index (κ2) is 15.2. The van der Waals surface area contributed by atoms with E-state index in [2.05, 4.69) is 29.5 Å². The highest BCUT2D eigenvalue weighted by Gasteiger charge is 2.02. The fourth-order valence-electron chi connectivity index (χ4n) is 1.67. The minimum absolute atomic E-state index is 0.0818. The topological polar surface area (TPSA) is 35.5 Å². The lowest BCUT2D eigenvalue weighted by Gasteiger charge is -2.05. The largest absolute Gasteiger partial charge is 0.463 e. The number of alkyl halides is 1. The maximum absolute atomic E-state index is 11.3. The molecule has 0 aliphatic rings. The van der Waals surface area contributed by atoms with Crippen LogP contribution in [-0.4, -0.2) is 30.2 Å². The molecule has 0 fully saturated rings. The van der Waals surface area contributed by atoms with E-state index in [1.54, 1.807) is 0 Å². The number of halogens is 1. The summed E-state index contributed by atoms with van der Waals surface area (Å²) in [6.07, 6.45) is 9.14. The molecule has 0 aromatic carbocycles. The zero-order chi connectivity index (χ0) is 13.5. The minimum atomic E-state index is -0.0818. The molecule has 4 heteroatoms. The normalized spacial score (nSPS) is 10.6. The third-order valence-corrected chi connectivity index (χ3v) is 3.14. The van der Waals surface area contributed by atoms with Crippen LogP contribution in [-0.2, 0) is 14.3 Å². The molecule has 0 N–H and O–H groups in total. The molecule has 18 heavy (non-hydrogen) atoms. The Morgan fingerprint density at radius 3 is 2.28 bits per heavy atom. The Balaban J connectivity index is 3.12. The van der Waals surface area contributed by atoms with Crippen LogP contribution in [0.3, 0.4) is 0 Å². The van der Waals surface area contributed by atoms with Crippen molar-refractivity contribution in [3.05, 3.63) is 0 Å². The summed E-state index contributed by atoms with van der Waals surface area (Å²) < 4.78 is 11.3. The first-order valence-corrected chi connectivity index (χ1v) is 8.63. The van der Waals surface area contributed by atoms with Crippen LogP contribution in [0.25, 0.3) is 0 Å². The first-order valence-electron chi connectivity index (χ1n) is 7.10. The lowest BCUT2D eigenvalue weighted by Crippen LogP contribution is -2.11. The number of hydrogen-bond acceptors (Lipinski definition) is 3. The Morgan fingerprint density at radius 2 is 1.61 bits per heavy atom. The highest BCUT2D eigenvalue weighted by Crippen LogP contribution is 2.08. The number of hydrogen-bond donors (Lipinski definition) is 0. The molecular weight excluding hydrogens is 343 g/mol. The van der Waals surface area contributed by atoms with Gasteiger partial charge in [-0.05, 0) is 6.42 Å². The van der Waals surface area contributed by atoms with Crippen LogP contribution in [0, 0.1) is 0 Å². The van der Waals surface area contributed by atoms with Gasteiger partial charge in [0.1, 0.15) is 6.61 Å². The molecule has 0 aliphatic carbocycles. The Labute approximate surface area is 125 Å². The summed E-state index contributed by atoms with van der Waals surface area (Å²) >= 11 is 2.25. The van der Waals surface area contributed by atoms with Gasteiger partial charge in [-0.25, -0.2) is 0 Å². The summed E-state index contributed by atoms with van der Waals surface area (Å²) in [5.41, 5.74) is 0. The zero-order valence-corrected chi connectivity index (χ0v) is 13.7. The standard InChI is InChI=1S/C14H27IO3/c1-2-3-4-5-6-7-8-9-14(16)18-13-12-17-11-10-15/h2-13H2,1H3. The number of carbonyl (C=O) groups excluding carboxylic acids is 1. The quantitative estimate of drug-likeness (QED) is 0.212. The van der Waals surface area contributed by atoms with Gasteiger partial charge >= 0.3 is 5.97 Å². The van der Waals surface area contributed by atoms with Crippen molar-refractivity contribution in [3.8, 4) is 0 Å². The van der Waals surface area contributed by atoms with Crippen LogP contribution < -0.4 is 0 Å². The van der Waals surface area contributed by atoms with Gasteiger partial charge in [-0.1, -0.05) is 68.0 Å². The number of carbonyl (C=O) groups is 1. The van der Waals surface area contributed by atoms with Crippen molar-refractivity contribution in [2.75, 3.05) is 24.2 Å². The van der Waals surface area contributed by atoms with Crippen molar-refractivity contribution in [2.24, 2.45) is 0 Å². The summed E-state index contributed by atoms with van der Waals surface area (Å²) in [5.74, 6) is -0.0818. The third kappa shape index (κ3) is 14.2. The van der Waals surface area contributed by atoms with E-state index in [-0.39, 0.29) is 5.97 Å². The molecule has 0 saturated heterocycles. The fraction of sp³-hybridized carbons (Fsp3) is 0.929. The number of rotatable bonds is 13. The van der Waals surface area contributed by atoms with Crippen molar-refractivity contribution in [1.29, 1.82) is 0 Å². The van der Waals surface area contributed by atoms with Gasteiger partial charge in [-0.3, -0.25) is 4.79 Å². The van der Waals surface area contributed by atoms with Crippen LogP contribution in [0.1, 0.15) is 58.3 Å². The molecule has 0 unspecified atom stereocenters. The zero-order valence-electron chi connectivity index (χ0n) is 11.6. The van der Waals surface area contributed by atoms with E-state index < -0.39 is 0 Å². The first kappa shape index (κ1) is 18.2. The van der Waals surface area contributed by atoms with Gasteiger partial charge in [0.05, 0.1) is 13.2 Å². The van der Waals surface area contributed by atoms with Gasteiger partial charge in [0, 0.05) is 10.8 Å². The lowest BCUT2D eigenvalue weighted by atomic mass is 10.1. The molecule has 0 radical (unpaired) electrons. The molecular formula is C14H27IO3. The molecule has 0 rings (SSSR count). The molecule has 0 aromatic rings. The molecule has 0 saturated carbocycles. The second-order valence-electron chi connectivity index (χ2n) is 4.39. The van der Waals surface area contributed by atoms with E-state index in [0.717, 1.165) is 23.9 Å². The van der Waals surface area contributed by atoms with Crippen molar-refractivity contribution in [1.82, 2.24) is 0 Å². The van der Waals surface area contributed by atoms with E-state index in [1.165, 1.54) is 32.1 Å². The Hall–Kier alpha value is 0.160. The first-order chi connectivity index (χ1) is 8.81. The molecule has 0 heterocycles. The monoisotopic (exact) mass is 370 g/mol. The number of ether oxygens (including phenoxy) is 2. The average Bonchev–Trinajstić information content (AvgIpc) is 2.37. The van der Waals surface area contributed by atoms with Crippen molar-refractivity contribution >= 4 is 28.6 Å². The predicted molar refractivity (Wildman–Crippen MR) is 83.3 cm³/mol. The van der Waals surface area contributed by atoms with Crippen LogP contribution in [0.15, 0.2) is 0 Å². The third-order valence-electron chi connectivity index (χ3n) is 2.70. The van der Waals surface area contributed by atoms with Gasteiger partial charge in [0.15, 0.2) is 0 Å². The maximum Gasteiger partial charge on any atom is 0.305 e. The van der Waals surface area contributed by atoms with E-state index in [4.69, 9.17) is 9.47 Å². The van der Waals surface area contributed by atoms with Crippen molar-refractivity contribution in [2.45, 2.75) is 58.3 Å². The van der Waals surface area contributed by atoms with Crippen LogP contribution in [0.4, 0.5) is 0 Å². The molecule has 3 nitrogen and oxygen atoms in total. The summed E-state index contributed by atoms with van der Waals surface area (Å²) in [6.45, 7) is 3.87. The van der Waals surface area contributed by atoms with Gasteiger partial charge in [-0.2, -0.15) is 0 Å². The summed E-state index contributed by atoms with van der Waals surface area (Å²) in [5, 5.41) is 0. The SMILES string of the molecule is CCCCCCCCCC(=O)OCCOCCI. The molecule has 0 aromatic heterocycles. The van der Waals surface area contributed by atoms with E-state index >= 15 is 0 Å². The van der Waals surface area contributed by atoms with Crippen LogP contribution in [0.2, 0.25) is 0 Å². The average molecular weight is 370 g/mol. The van der Waals surface area contributed by atoms with Crippen molar-refractivity contribution in [3.63, 3.8) is 0 Å². The maximum atomic E-state index is 11.3. The van der Waals surface area contributed by atoms with Gasteiger partial charge in [-0.15, -0.1) is 0 Å². The van der Waals surface area contributed by atoms with Gasteiger partial charge in [0.2, 0.25) is 0 Å². The summed E-state index contributed by atoms with van der Waals surface area (Å²) in [6, 6.07) is 0.